The molecule has 1 aromatic carbocycles. The van der Waals surface area contributed by atoms with Crippen molar-refractivity contribution in [3.63, 3.8) is 0 Å². The van der Waals surface area contributed by atoms with Crippen LogP contribution in [-0.2, 0) is 6.54 Å². The lowest BCUT2D eigenvalue weighted by molar-refractivity contribution is 0.0999. The molecule has 3 nitrogen and oxygen atoms in total. The van der Waals surface area contributed by atoms with Gasteiger partial charge in [0.1, 0.15) is 0 Å². The molecule has 0 spiro atoms. The summed E-state index contributed by atoms with van der Waals surface area (Å²) in [4.78, 5) is 11.4. The number of aromatic nitrogens is 1. The number of rotatable bonds is 4. The molecule has 0 saturated heterocycles. The first kappa shape index (κ1) is 14.2. The van der Waals surface area contributed by atoms with Crippen LogP contribution in [0.4, 0.5) is 8.78 Å². The molecule has 106 valence electrons. The summed E-state index contributed by atoms with van der Waals surface area (Å²) in [7, 11) is 0. The molecule has 0 fully saturated rings. The van der Waals surface area contributed by atoms with E-state index in [2.05, 4.69) is 0 Å². The van der Waals surface area contributed by atoms with Gasteiger partial charge in [0, 0.05) is 23.5 Å². The van der Waals surface area contributed by atoms with E-state index < -0.39 is 17.5 Å². The van der Waals surface area contributed by atoms with E-state index in [0.717, 1.165) is 24.2 Å². The normalized spacial score (nSPS) is 10.8. The van der Waals surface area contributed by atoms with Crippen molar-refractivity contribution < 1.29 is 13.6 Å². The number of primary amides is 1. The Bertz CT molecular complexity index is 662. The predicted molar refractivity (Wildman–Crippen MR) is 73.3 cm³/mol. The van der Waals surface area contributed by atoms with Gasteiger partial charge in [-0.15, -0.1) is 0 Å². The lowest BCUT2D eigenvalue weighted by Gasteiger charge is -2.11. The van der Waals surface area contributed by atoms with Crippen LogP contribution in [0, 0.1) is 18.6 Å². The molecule has 5 heteroatoms. The Morgan fingerprint density at radius 1 is 1.25 bits per heavy atom. The molecule has 0 unspecified atom stereocenters. The fourth-order valence-corrected chi connectivity index (χ4v) is 2.30. The van der Waals surface area contributed by atoms with E-state index in [4.69, 9.17) is 5.73 Å². The quantitative estimate of drug-likeness (QED) is 0.917. The molecule has 0 aliphatic rings. The number of benzene rings is 1. The monoisotopic (exact) mass is 278 g/mol. The first-order chi connectivity index (χ1) is 9.45. The highest BCUT2D eigenvalue weighted by Gasteiger charge is 2.17. The number of hydrogen-bond donors (Lipinski definition) is 1. The van der Waals surface area contributed by atoms with Gasteiger partial charge in [0.2, 0.25) is 0 Å². The molecule has 0 aliphatic carbocycles. The highest BCUT2D eigenvalue weighted by atomic mass is 19.2. The zero-order valence-electron chi connectivity index (χ0n) is 11.4. The van der Waals surface area contributed by atoms with Gasteiger partial charge >= 0.3 is 0 Å². The summed E-state index contributed by atoms with van der Waals surface area (Å²) in [6, 6.07) is 5.32. The second kappa shape index (κ2) is 5.45. The minimum absolute atomic E-state index is 0.401. The molecule has 2 aromatic rings. The third kappa shape index (κ3) is 2.43. The van der Waals surface area contributed by atoms with Crippen molar-refractivity contribution in [3.05, 3.63) is 47.2 Å². The van der Waals surface area contributed by atoms with Crippen LogP contribution in [0.15, 0.2) is 24.3 Å². The number of amides is 1. The Morgan fingerprint density at radius 3 is 2.50 bits per heavy atom. The van der Waals surface area contributed by atoms with E-state index in [0.29, 0.717) is 23.4 Å². The van der Waals surface area contributed by atoms with Crippen molar-refractivity contribution in [2.45, 2.75) is 26.8 Å². The molecule has 2 N–H and O–H groups in total. The molecule has 20 heavy (non-hydrogen) atoms. The van der Waals surface area contributed by atoms with Crippen LogP contribution in [0.25, 0.3) is 11.3 Å². The SMILES string of the molecule is CCCn1c(-c2ccc(F)c(F)c2)cc(C(N)=O)c1C. The summed E-state index contributed by atoms with van der Waals surface area (Å²) in [6.45, 7) is 4.46. The maximum absolute atomic E-state index is 13.4. The van der Waals surface area contributed by atoms with Gasteiger partial charge in [-0.1, -0.05) is 6.92 Å². The Balaban J connectivity index is 2.62. The predicted octanol–water partition coefficient (Wildman–Crippen LogP) is 3.25. The minimum Gasteiger partial charge on any atom is -0.366 e. The van der Waals surface area contributed by atoms with Crippen molar-refractivity contribution in [2.75, 3.05) is 0 Å². The third-order valence-electron chi connectivity index (χ3n) is 3.29. The van der Waals surface area contributed by atoms with Gasteiger partial charge in [0.05, 0.1) is 5.56 Å². The summed E-state index contributed by atoms with van der Waals surface area (Å²) in [5, 5.41) is 0. The number of carbonyl (C=O) groups is 1. The van der Waals surface area contributed by atoms with Crippen molar-refractivity contribution in [3.8, 4) is 11.3 Å². The maximum Gasteiger partial charge on any atom is 0.250 e. The molecule has 1 aromatic heterocycles. The maximum atomic E-state index is 13.4. The van der Waals surface area contributed by atoms with E-state index in [-0.39, 0.29) is 0 Å². The number of nitrogens with two attached hydrogens (primary N) is 1. The van der Waals surface area contributed by atoms with Gasteiger partial charge in [-0.3, -0.25) is 4.79 Å². The zero-order valence-corrected chi connectivity index (χ0v) is 11.4. The summed E-state index contributed by atoms with van der Waals surface area (Å²) in [6.07, 6.45) is 0.852. The lowest BCUT2D eigenvalue weighted by Crippen LogP contribution is -2.12. The van der Waals surface area contributed by atoms with E-state index >= 15 is 0 Å². The average molecular weight is 278 g/mol. The second-order valence-electron chi connectivity index (χ2n) is 4.67. The van der Waals surface area contributed by atoms with Crippen molar-refractivity contribution in [1.29, 1.82) is 0 Å². The first-order valence-electron chi connectivity index (χ1n) is 6.41. The number of halogens is 2. The highest BCUT2D eigenvalue weighted by molar-refractivity contribution is 5.95. The van der Waals surface area contributed by atoms with Crippen molar-refractivity contribution >= 4 is 5.91 Å². The molecule has 1 amide bonds. The van der Waals surface area contributed by atoms with Gasteiger partial charge in [-0.25, -0.2) is 8.78 Å². The second-order valence-corrected chi connectivity index (χ2v) is 4.67. The van der Waals surface area contributed by atoms with Crippen LogP contribution in [0.3, 0.4) is 0 Å². The average Bonchev–Trinajstić information content (AvgIpc) is 2.72. The largest absolute Gasteiger partial charge is 0.366 e. The fraction of sp³-hybridized carbons (Fsp3) is 0.267. The van der Waals surface area contributed by atoms with E-state index in [9.17, 15) is 13.6 Å². The molecule has 1 heterocycles. The van der Waals surface area contributed by atoms with Crippen LogP contribution in [-0.4, -0.2) is 10.5 Å². The van der Waals surface area contributed by atoms with Crippen LogP contribution in [0.5, 0.6) is 0 Å². The van der Waals surface area contributed by atoms with Crippen LogP contribution in [0.2, 0.25) is 0 Å². The Morgan fingerprint density at radius 2 is 1.95 bits per heavy atom. The molecule has 0 bridgehead atoms. The van der Waals surface area contributed by atoms with Gasteiger partial charge in [-0.2, -0.15) is 0 Å². The van der Waals surface area contributed by atoms with E-state index in [1.54, 1.807) is 13.0 Å². The standard InChI is InChI=1S/C15H16F2N2O/c1-3-6-19-9(2)11(15(18)20)8-14(19)10-4-5-12(16)13(17)7-10/h4-5,7-8H,3,6H2,1-2H3,(H2,18,20). The Kier molecular flexibility index (Phi) is 3.88. The Hall–Kier alpha value is -2.17. The topological polar surface area (TPSA) is 48.0 Å². The van der Waals surface area contributed by atoms with Crippen LogP contribution in [0.1, 0.15) is 29.4 Å². The van der Waals surface area contributed by atoms with Crippen LogP contribution < -0.4 is 5.73 Å². The minimum atomic E-state index is -0.912. The smallest absolute Gasteiger partial charge is 0.250 e. The summed E-state index contributed by atoms with van der Waals surface area (Å²) in [5.41, 5.74) is 7.66. The molecular weight excluding hydrogens is 262 g/mol. The molecule has 0 atom stereocenters. The molecule has 0 radical (unpaired) electrons. The highest BCUT2D eigenvalue weighted by Crippen LogP contribution is 2.27. The van der Waals surface area contributed by atoms with Crippen molar-refractivity contribution in [2.24, 2.45) is 5.73 Å². The van der Waals surface area contributed by atoms with Gasteiger partial charge in [-0.05, 0) is 37.6 Å². The number of hydrogen-bond acceptors (Lipinski definition) is 1. The van der Waals surface area contributed by atoms with E-state index in [1.165, 1.54) is 6.07 Å². The number of carbonyl (C=O) groups excluding carboxylic acids is 1. The van der Waals surface area contributed by atoms with Crippen molar-refractivity contribution in [1.82, 2.24) is 4.57 Å². The van der Waals surface area contributed by atoms with Gasteiger partial charge in [0.15, 0.2) is 11.6 Å². The summed E-state index contributed by atoms with van der Waals surface area (Å²) < 4.78 is 28.3. The molecule has 2 rings (SSSR count). The molecule has 0 saturated carbocycles. The lowest BCUT2D eigenvalue weighted by atomic mass is 10.1. The third-order valence-corrected chi connectivity index (χ3v) is 3.29. The zero-order chi connectivity index (χ0) is 14.9. The van der Waals surface area contributed by atoms with E-state index in [1.807, 2.05) is 11.5 Å². The van der Waals surface area contributed by atoms with Gasteiger partial charge in [0.25, 0.3) is 5.91 Å². The molecular formula is C15H16F2N2O. The molecule has 0 aliphatic heterocycles. The summed E-state index contributed by atoms with van der Waals surface area (Å²) in [5.74, 6) is -2.33. The van der Waals surface area contributed by atoms with Gasteiger partial charge < -0.3 is 10.3 Å². The van der Waals surface area contributed by atoms with Crippen LogP contribution >= 0.6 is 0 Å². The fourth-order valence-electron chi connectivity index (χ4n) is 2.30. The first-order valence-corrected chi connectivity index (χ1v) is 6.41. The number of nitrogens with zero attached hydrogens (tertiary/aromatic N) is 1. The summed E-state index contributed by atoms with van der Waals surface area (Å²) >= 11 is 0. The Labute approximate surface area is 116 Å².